The minimum atomic E-state index is 0.181. The van der Waals surface area contributed by atoms with Crippen molar-refractivity contribution in [3.05, 3.63) is 28.8 Å². The van der Waals surface area contributed by atoms with Crippen LogP contribution in [-0.2, 0) is 6.42 Å². The number of halogens is 1. The molecule has 2 N–H and O–H groups in total. The summed E-state index contributed by atoms with van der Waals surface area (Å²) in [6.07, 6.45) is 4.69. The van der Waals surface area contributed by atoms with Gasteiger partial charge >= 0.3 is 0 Å². The molecule has 112 valence electrons. The second-order valence-corrected chi connectivity index (χ2v) is 7.04. The minimum absolute atomic E-state index is 0.181. The van der Waals surface area contributed by atoms with Gasteiger partial charge in [-0.05, 0) is 49.3 Å². The van der Waals surface area contributed by atoms with E-state index >= 15 is 0 Å². The van der Waals surface area contributed by atoms with Gasteiger partial charge in [-0.2, -0.15) is 0 Å². The van der Waals surface area contributed by atoms with Crippen LogP contribution in [0.15, 0.2) is 18.2 Å². The van der Waals surface area contributed by atoms with E-state index in [1.54, 1.807) is 0 Å². The maximum atomic E-state index is 6.20. The molecule has 1 unspecified atom stereocenters. The normalized spacial score (nSPS) is 19.9. The maximum Gasteiger partial charge on any atom is 0.0426 e. The molecule has 1 aliphatic rings. The van der Waals surface area contributed by atoms with Crippen molar-refractivity contribution in [3.8, 4) is 0 Å². The Hall–Kier alpha value is -0.730. The van der Waals surface area contributed by atoms with Crippen molar-refractivity contribution in [2.24, 2.45) is 11.1 Å². The highest BCUT2D eigenvalue weighted by atomic mass is 35.5. The van der Waals surface area contributed by atoms with Crippen molar-refractivity contribution in [3.63, 3.8) is 0 Å². The fourth-order valence-electron chi connectivity index (χ4n) is 2.99. The smallest absolute Gasteiger partial charge is 0.0426 e. The molecule has 1 heterocycles. The topological polar surface area (TPSA) is 29.3 Å². The average Bonchev–Trinajstić information content (AvgIpc) is 2.41. The summed E-state index contributed by atoms with van der Waals surface area (Å²) < 4.78 is 0. The SMILES string of the molecule is CCC1(C)CCN(c2cc(Cl)ccc2CC(C)N)CC1. The Labute approximate surface area is 128 Å². The van der Waals surface area contributed by atoms with Gasteiger partial charge in [0.1, 0.15) is 0 Å². The van der Waals surface area contributed by atoms with E-state index in [-0.39, 0.29) is 6.04 Å². The number of anilines is 1. The molecule has 1 aromatic rings. The van der Waals surface area contributed by atoms with Crippen LogP contribution in [0.2, 0.25) is 5.02 Å². The molecule has 1 atom stereocenters. The van der Waals surface area contributed by atoms with E-state index in [4.69, 9.17) is 17.3 Å². The van der Waals surface area contributed by atoms with Gasteiger partial charge in [-0.3, -0.25) is 0 Å². The van der Waals surface area contributed by atoms with Crippen LogP contribution >= 0.6 is 11.6 Å². The van der Waals surface area contributed by atoms with E-state index in [0.717, 1.165) is 24.5 Å². The fourth-order valence-corrected chi connectivity index (χ4v) is 3.16. The molecule has 1 aliphatic heterocycles. The van der Waals surface area contributed by atoms with Crippen LogP contribution in [0.25, 0.3) is 0 Å². The minimum Gasteiger partial charge on any atom is -0.371 e. The summed E-state index contributed by atoms with van der Waals surface area (Å²) in [5.74, 6) is 0. The predicted octanol–water partition coefficient (Wildman–Crippen LogP) is 4.25. The van der Waals surface area contributed by atoms with Gasteiger partial charge in [-0.1, -0.05) is 37.9 Å². The third-order valence-electron chi connectivity index (χ3n) is 4.75. The van der Waals surface area contributed by atoms with Crippen molar-refractivity contribution in [2.45, 2.75) is 52.5 Å². The molecule has 2 nitrogen and oxygen atoms in total. The van der Waals surface area contributed by atoms with Gasteiger partial charge in [0.25, 0.3) is 0 Å². The summed E-state index contributed by atoms with van der Waals surface area (Å²) in [5.41, 5.74) is 9.09. The molecule has 1 saturated heterocycles. The third kappa shape index (κ3) is 3.67. The van der Waals surface area contributed by atoms with Gasteiger partial charge in [-0.25, -0.2) is 0 Å². The van der Waals surface area contributed by atoms with Gasteiger partial charge < -0.3 is 10.6 Å². The standard InChI is InChI=1S/C17H27ClN2/c1-4-17(3)7-9-20(10-8-17)16-12-15(18)6-5-14(16)11-13(2)19/h5-6,12-13H,4,7-11,19H2,1-3H3. The first-order valence-corrected chi connectivity index (χ1v) is 8.10. The van der Waals surface area contributed by atoms with Crippen LogP contribution in [0.3, 0.4) is 0 Å². The fraction of sp³-hybridized carbons (Fsp3) is 0.647. The first-order chi connectivity index (χ1) is 9.43. The quantitative estimate of drug-likeness (QED) is 0.899. The van der Waals surface area contributed by atoms with Crippen molar-refractivity contribution in [1.29, 1.82) is 0 Å². The summed E-state index contributed by atoms with van der Waals surface area (Å²) in [6.45, 7) is 9.01. The zero-order valence-electron chi connectivity index (χ0n) is 13.0. The summed E-state index contributed by atoms with van der Waals surface area (Å²) in [4.78, 5) is 2.49. The molecule has 0 spiro atoms. The Kier molecular flexibility index (Phi) is 4.98. The number of hydrogen-bond acceptors (Lipinski definition) is 2. The van der Waals surface area contributed by atoms with Crippen molar-refractivity contribution < 1.29 is 0 Å². The Bertz CT molecular complexity index is 448. The van der Waals surface area contributed by atoms with Gasteiger partial charge in [-0.15, -0.1) is 0 Å². The van der Waals surface area contributed by atoms with Crippen LogP contribution in [0.4, 0.5) is 5.69 Å². The van der Waals surface area contributed by atoms with E-state index in [2.05, 4.69) is 37.8 Å². The van der Waals surface area contributed by atoms with E-state index in [1.165, 1.54) is 30.5 Å². The molecule has 0 saturated carbocycles. The zero-order valence-corrected chi connectivity index (χ0v) is 13.7. The highest BCUT2D eigenvalue weighted by Crippen LogP contribution is 2.37. The van der Waals surface area contributed by atoms with E-state index in [1.807, 2.05) is 6.07 Å². The lowest BCUT2D eigenvalue weighted by Crippen LogP contribution is -2.39. The lowest BCUT2D eigenvalue weighted by molar-refractivity contribution is 0.238. The number of nitrogens with zero attached hydrogens (tertiary/aromatic N) is 1. The largest absolute Gasteiger partial charge is 0.371 e. The zero-order chi connectivity index (χ0) is 14.8. The molecular weight excluding hydrogens is 268 g/mol. The summed E-state index contributed by atoms with van der Waals surface area (Å²) in [7, 11) is 0. The number of benzene rings is 1. The number of hydrogen-bond donors (Lipinski definition) is 1. The van der Waals surface area contributed by atoms with E-state index in [0.29, 0.717) is 5.41 Å². The highest BCUT2D eigenvalue weighted by Gasteiger charge is 2.29. The Morgan fingerprint density at radius 3 is 2.55 bits per heavy atom. The van der Waals surface area contributed by atoms with Crippen LogP contribution in [0.5, 0.6) is 0 Å². The second-order valence-electron chi connectivity index (χ2n) is 6.61. The molecule has 0 radical (unpaired) electrons. The van der Waals surface area contributed by atoms with Gasteiger partial charge in [0.05, 0.1) is 0 Å². The lowest BCUT2D eigenvalue weighted by Gasteiger charge is -2.41. The van der Waals surface area contributed by atoms with Crippen LogP contribution in [0, 0.1) is 5.41 Å². The lowest BCUT2D eigenvalue weighted by atomic mass is 9.78. The molecule has 1 aromatic carbocycles. The first kappa shape index (κ1) is 15.7. The Balaban J connectivity index is 2.18. The molecule has 0 bridgehead atoms. The van der Waals surface area contributed by atoms with Crippen LogP contribution in [0.1, 0.15) is 45.6 Å². The second kappa shape index (κ2) is 6.36. The summed E-state index contributed by atoms with van der Waals surface area (Å²) in [6, 6.07) is 6.39. The van der Waals surface area contributed by atoms with Crippen molar-refractivity contribution >= 4 is 17.3 Å². The van der Waals surface area contributed by atoms with Crippen LogP contribution < -0.4 is 10.6 Å². The predicted molar refractivity (Wildman–Crippen MR) is 88.7 cm³/mol. The molecule has 3 heteroatoms. The van der Waals surface area contributed by atoms with Gasteiger partial charge in [0, 0.05) is 29.8 Å². The van der Waals surface area contributed by atoms with Crippen molar-refractivity contribution in [1.82, 2.24) is 0 Å². The summed E-state index contributed by atoms with van der Waals surface area (Å²) in [5, 5.41) is 0.817. The van der Waals surface area contributed by atoms with E-state index in [9.17, 15) is 0 Å². The van der Waals surface area contributed by atoms with Crippen molar-refractivity contribution in [2.75, 3.05) is 18.0 Å². The molecular formula is C17H27ClN2. The molecule has 0 aliphatic carbocycles. The Morgan fingerprint density at radius 1 is 1.35 bits per heavy atom. The monoisotopic (exact) mass is 294 g/mol. The van der Waals surface area contributed by atoms with Gasteiger partial charge in [0.2, 0.25) is 0 Å². The Morgan fingerprint density at radius 2 is 2.00 bits per heavy atom. The van der Waals surface area contributed by atoms with Crippen LogP contribution in [-0.4, -0.2) is 19.1 Å². The number of nitrogens with two attached hydrogens (primary N) is 1. The maximum absolute atomic E-state index is 6.20. The van der Waals surface area contributed by atoms with E-state index < -0.39 is 0 Å². The number of rotatable bonds is 4. The number of piperidine rings is 1. The molecule has 2 rings (SSSR count). The van der Waals surface area contributed by atoms with Gasteiger partial charge in [0.15, 0.2) is 0 Å². The molecule has 0 aromatic heterocycles. The molecule has 20 heavy (non-hydrogen) atoms. The first-order valence-electron chi connectivity index (χ1n) is 7.72. The third-order valence-corrected chi connectivity index (χ3v) is 4.99. The average molecular weight is 295 g/mol. The highest BCUT2D eigenvalue weighted by molar-refractivity contribution is 6.30. The summed E-state index contributed by atoms with van der Waals surface area (Å²) >= 11 is 6.20. The molecule has 1 fully saturated rings. The molecule has 0 amide bonds.